The number of rotatable bonds is 12. The second-order valence-electron chi connectivity index (χ2n) is 7.17. The molecular formula is C20H39IN6O. The zero-order valence-electron chi connectivity index (χ0n) is 17.7. The van der Waals surface area contributed by atoms with Gasteiger partial charge in [-0.2, -0.15) is 0 Å². The monoisotopic (exact) mass is 506 g/mol. The summed E-state index contributed by atoms with van der Waals surface area (Å²) in [7, 11) is 0. The van der Waals surface area contributed by atoms with Crippen molar-refractivity contribution in [1.29, 1.82) is 0 Å². The van der Waals surface area contributed by atoms with Crippen LogP contribution >= 0.6 is 24.0 Å². The minimum atomic E-state index is 0. The summed E-state index contributed by atoms with van der Waals surface area (Å²) in [5.41, 5.74) is 0. The van der Waals surface area contributed by atoms with Gasteiger partial charge in [-0.05, 0) is 39.0 Å². The number of ether oxygens (including phenoxy) is 1. The van der Waals surface area contributed by atoms with E-state index in [1.807, 2.05) is 0 Å². The largest absolute Gasteiger partial charge is 0.378 e. The Labute approximate surface area is 187 Å². The molecule has 7 nitrogen and oxygen atoms in total. The molecule has 28 heavy (non-hydrogen) atoms. The SMILES string of the molecule is CCNC(=NCCCCCOC1CCCCC1)NCCn1cnnc1CC.I. The van der Waals surface area contributed by atoms with Crippen molar-refractivity contribution in [1.82, 2.24) is 25.4 Å². The molecule has 0 aliphatic heterocycles. The van der Waals surface area contributed by atoms with E-state index >= 15 is 0 Å². The highest BCUT2D eigenvalue weighted by molar-refractivity contribution is 14.0. The average molecular weight is 506 g/mol. The smallest absolute Gasteiger partial charge is 0.191 e. The Hall–Kier alpha value is -0.900. The lowest BCUT2D eigenvalue weighted by Gasteiger charge is -2.21. The molecule has 0 amide bonds. The summed E-state index contributed by atoms with van der Waals surface area (Å²) in [6, 6.07) is 0. The lowest BCUT2D eigenvalue weighted by molar-refractivity contribution is 0.0264. The van der Waals surface area contributed by atoms with Crippen LogP contribution < -0.4 is 10.6 Å². The van der Waals surface area contributed by atoms with E-state index in [-0.39, 0.29) is 24.0 Å². The van der Waals surface area contributed by atoms with Gasteiger partial charge >= 0.3 is 0 Å². The first-order valence-electron chi connectivity index (χ1n) is 10.8. The number of aryl methyl sites for hydroxylation is 1. The van der Waals surface area contributed by atoms with Gasteiger partial charge in [0.2, 0.25) is 0 Å². The van der Waals surface area contributed by atoms with Crippen molar-refractivity contribution < 1.29 is 4.74 Å². The molecule has 0 spiro atoms. The number of nitrogens with one attached hydrogen (secondary N) is 2. The predicted octanol–water partition coefficient (Wildman–Crippen LogP) is 3.53. The lowest BCUT2D eigenvalue weighted by Crippen LogP contribution is -2.39. The van der Waals surface area contributed by atoms with Crippen LogP contribution in [-0.2, 0) is 17.7 Å². The standard InChI is InChI=1S/C20H38N6O.HI/c1-3-19-25-24-17-26(19)15-14-23-20(21-4-2)22-13-9-6-10-16-27-18-11-7-5-8-12-18;/h17-18H,3-16H2,1-2H3,(H2,21,22,23);1H. The molecule has 1 fully saturated rings. The molecule has 1 aromatic rings. The maximum atomic E-state index is 5.98. The number of unbranched alkanes of at least 4 members (excludes halogenated alkanes) is 2. The summed E-state index contributed by atoms with van der Waals surface area (Å²) in [6.07, 6.45) is 13.2. The van der Waals surface area contributed by atoms with E-state index < -0.39 is 0 Å². The Morgan fingerprint density at radius 2 is 2.00 bits per heavy atom. The molecule has 1 aliphatic carbocycles. The Morgan fingerprint density at radius 1 is 1.18 bits per heavy atom. The summed E-state index contributed by atoms with van der Waals surface area (Å²) >= 11 is 0. The fourth-order valence-electron chi connectivity index (χ4n) is 3.44. The molecule has 0 atom stereocenters. The summed E-state index contributed by atoms with van der Waals surface area (Å²) in [5.74, 6) is 1.91. The fraction of sp³-hybridized carbons (Fsp3) is 0.850. The van der Waals surface area contributed by atoms with Crippen molar-refractivity contribution in [3.8, 4) is 0 Å². The first kappa shape index (κ1) is 25.1. The average Bonchev–Trinajstić information content (AvgIpc) is 3.15. The maximum absolute atomic E-state index is 5.98. The number of aliphatic imine (C=N–C) groups is 1. The molecule has 8 heteroatoms. The molecule has 0 unspecified atom stereocenters. The van der Waals surface area contributed by atoms with Gasteiger partial charge in [-0.15, -0.1) is 34.2 Å². The zero-order valence-corrected chi connectivity index (χ0v) is 20.0. The summed E-state index contributed by atoms with van der Waals surface area (Å²) in [5, 5.41) is 14.8. The number of guanidine groups is 1. The third-order valence-corrected chi connectivity index (χ3v) is 4.98. The van der Waals surface area contributed by atoms with E-state index in [0.717, 1.165) is 63.8 Å². The molecule has 0 saturated heterocycles. The van der Waals surface area contributed by atoms with E-state index in [9.17, 15) is 0 Å². The molecule has 2 rings (SSSR count). The maximum Gasteiger partial charge on any atom is 0.191 e. The third-order valence-electron chi connectivity index (χ3n) is 4.98. The van der Waals surface area contributed by atoms with Crippen LogP contribution in [0.1, 0.15) is 71.0 Å². The first-order chi connectivity index (χ1) is 13.3. The van der Waals surface area contributed by atoms with Crippen LogP contribution in [0.3, 0.4) is 0 Å². The van der Waals surface area contributed by atoms with Gasteiger partial charge in [0, 0.05) is 39.2 Å². The normalized spacial score (nSPS) is 15.3. The highest BCUT2D eigenvalue weighted by Crippen LogP contribution is 2.20. The summed E-state index contributed by atoms with van der Waals surface area (Å²) < 4.78 is 8.07. The number of aromatic nitrogens is 3. The van der Waals surface area contributed by atoms with E-state index in [2.05, 4.69) is 44.2 Å². The Morgan fingerprint density at radius 3 is 2.75 bits per heavy atom. The van der Waals surface area contributed by atoms with Crippen LogP contribution in [0.5, 0.6) is 0 Å². The number of halogens is 1. The lowest BCUT2D eigenvalue weighted by atomic mass is 9.98. The van der Waals surface area contributed by atoms with E-state index in [4.69, 9.17) is 4.74 Å². The summed E-state index contributed by atoms with van der Waals surface area (Å²) in [6.45, 7) is 8.48. The van der Waals surface area contributed by atoms with Crippen LogP contribution in [0.2, 0.25) is 0 Å². The van der Waals surface area contributed by atoms with E-state index in [0.29, 0.717) is 6.10 Å². The van der Waals surface area contributed by atoms with Crippen molar-refractivity contribution in [3.63, 3.8) is 0 Å². The molecular weight excluding hydrogens is 467 g/mol. The van der Waals surface area contributed by atoms with Gasteiger partial charge in [-0.25, -0.2) is 0 Å². The van der Waals surface area contributed by atoms with Crippen LogP contribution in [-0.4, -0.2) is 53.1 Å². The molecule has 1 saturated carbocycles. The van der Waals surface area contributed by atoms with Gasteiger partial charge in [-0.3, -0.25) is 4.99 Å². The van der Waals surface area contributed by atoms with Crippen LogP contribution in [0, 0.1) is 0 Å². The molecule has 0 aromatic carbocycles. The predicted molar refractivity (Wildman–Crippen MR) is 125 cm³/mol. The third kappa shape index (κ3) is 10.0. The van der Waals surface area contributed by atoms with E-state index in [1.54, 1.807) is 6.33 Å². The molecule has 1 heterocycles. The van der Waals surface area contributed by atoms with Gasteiger partial charge in [0.15, 0.2) is 5.96 Å². The Balaban J connectivity index is 0.00000392. The number of hydrogen-bond donors (Lipinski definition) is 2. The molecule has 2 N–H and O–H groups in total. The van der Waals surface area contributed by atoms with Gasteiger partial charge < -0.3 is 19.9 Å². The van der Waals surface area contributed by atoms with Crippen LogP contribution in [0.25, 0.3) is 0 Å². The minimum Gasteiger partial charge on any atom is -0.378 e. The number of nitrogens with zero attached hydrogens (tertiary/aromatic N) is 4. The molecule has 0 radical (unpaired) electrons. The molecule has 1 aromatic heterocycles. The topological polar surface area (TPSA) is 76.4 Å². The zero-order chi connectivity index (χ0) is 19.2. The van der Waals surface area contributed by atoms with Crippen LogP contribution in [0.15, 0.2) is 11.3 Å². The Bertz CT molecular complexity index is 531. The van der Waals surface area contributed by atoms with Gasteiger partial charge in [0.25, 0.3) is 0 Å². The van der Waals surface area contributed by atoms with Gasteiger partial charge in [0.05, 0.1) is 6.10 Å². The molecule has 162 valence electrons. The summed E-state index contributed by atoms with van der Waals surface area (Å²) in [4.78, 5) is 4.68. The Kier molecular flexibility index (Phi) is 14.3. The first-order valence-corrected chi connectivity index (χ1v) is 10.8. The van der Waals surface area contributed by atoms with E-state index in [1.165, 1.54) is 38.5 Å². The second-order valence-corrected chi connectivity index (χ2v) is 7.17. The minimum absolute atomic E-state index is 0. The van der Waals surface area contributed by atoms with Crippen molar-refractivity contribution in [2.75, 3.05) is 26.2 Å². The van der Waals surface area contributed by atoms with Crippen molar-refractivity contribution in [3.05, 3.63) is 12.2 Å². The van der Waals surface area contributed by atoms with Crippen molar-refractivity contribution in [2.45, 2.75) is 84.3 Å². The second kappa shape index (κ2) is 16.0. The fourth-order valence-corrected chi connectivity index (χ4v) is 3.44. The highest BCUT2D eigenvalue weighted by atomic mass is 127. The number of hydrogen-bond acceptors (Lipinski definition) is 4. The van der Waals surface area contributed by atoms with Gasteiger partial charge in [0.1, 0.15) is 12.2 Å². The molecule has 0 bridgehead atoms. The highest BCUT2D eigenvalue weighted by Gasteiger charge is 2.12. The van der Waals surface area contributed by atoms with Crippen molar-refractivity contribution in [2.24, 2.45) is 4.99 Å². The van der Waals surface area contributed by atoms with Gasteiger partial charge in [-0.1, -0.05) is 26.2 Å². The molecule has 1 aliphatic rings. The van der Waals surface area contributed by atoms with Crippen LogP contribution in [0.4, 0.5) is 0 Å². The van der Waals surface area contributed by atoms with Crippen molar-refractivity contribution >= 4 is 29.9 Å². The quantitative estimate of drug-likeness (QED) is 0.196.